The van der Waals surface area contributed by atoms with Crippen LogP contribution in [-0.2, 0) is 13.2 Å². The fourth-order valence-electron chi connectivity index (χ4n) is 1.42. The van der Waals surface area contributed by atoms with Gasteiger partial charge in [-0.05, 0) is 40.5 Å². The lowest BCUT2D eigenvalue weighted by atomic mass is 10.2. The van der Waals surface area contributed by atoms with Crippen LogP contribution in [0.5, 0.6) is 11.5 Å². The number of hydrogen-bond donors (Lipinski definition) is 1. The molecule has 0 fully saturated rings. The lowest BCUT2D eigenvalue weighted by Gasteiger charge is -2.06. The van der Waals surface area contributed by atoms with Gasteiger partial charge in [-0.15, -0.1) is 0 Å². The molecule has 5 heteroatoms. The number of aryl methyl sites for hydroxylation is 1. The molecule has 1 heterocycles. The minimum Gasteiger partial charge on any atom is -0.453 e. The van der Waals surface area contributed by atoms with Crippen molar-refractivity contribution in [3.05, 3.63) is 40.6 Å². The first-order chi connectivity index (χ1) is 8.22. The molecule has 1 aromatic carbocycles. The predicted octanol–water partition coefficient (Wildman–Crippen LogP) is 2.95. The summed E-state index contributed by atoms with van der Waals surface area (Å²) in [5.74, 6) is 1.40. The molecule has 17 heavy (non-hydrogen) atoms. The van der Waals surface area contributed by atoms with Gasteiger partial charge >= 0.3 is 0 Å². The van der Waals surface area contributed by atoms with Gasteiger partial charge in [0.1, 0.15) is 5.75 Å². The van der Waals surface area contributed by atoms with Crippen LogP contribution in [0.4, 0.5) is 0 Å². The van der Waals surface area contributed by atoms with Crippen molar-refractivity contribution in [1.82, 2.24) is 9.78 Å². The molecule has 0 atom stereocenters. The Morgan fingerprint density at radius 1 is 1.47 bits per heavy atom. The molecule has 0 aliphatic heterocycles. The summed E-state index contributed by atoms with van der Waals surface area (Å²) < 4.78 is 8.29. The zero-order valence-electron chi connectivity index (χ0n) is 9.43. The van der Waals surface area contributed by atoms with Crippen LogP contribution in [0.1, 0.15) is 12.5 Å². The first-order valence-corrected chi connectivity index (χ1v) is 6.12. The molecule has 90 valence electrons. The van der Waals surface area contributed by atoms with E-state index in [1.807, 2.05) is 31.3 Å². The van der Waals surface area contributed by atoms with Crippen LogP contribution in [-0.4, -0.2) is 14.9 Å². The van der Waals surface area contributed by atoms with Crippen molar-refractivity contribution in [2.24, 2.45) is 0 Å². The summed E-state index contributed by atoms with van der Waals surface area (Å²) in [5, 5.41) is 13.1. The molecule has 2 aromatic rings. The van der Waals surface area contributed by atoms with Gasteiger partial charge in [0.05, 0.1) is 23.5 Å². The van der Waals surface area contributed by atoms with Gasteiger partial charge in [-0.1, -0.05) is 6.07 Å². The summed E-state index contributed by atoms with van der Waals surface area (Å²) in [4.78, 5) is 0. The van der Waals surface area contributed by atoms with Gasteiger partial charge in [0, 0.05) is 6.54 Å². The second kappa shape index (κ2) is 5.33. The summed E-state index contributed by atoms with van der Waals surface area (Å²) in [6.45, 7) is 2.85. The lowest BCUT2D eigenvalue weighted by molar-refractivity contribution is 0.281. The number of ether oxygens (including phenoxy) is 1. The van der Waals surface area contributed by atoms with Gasteiger partial charge in [-0.3, -0.25) is 4.68 Å². The smallest absolute Gasteiger partial charge is 0.165 e. The topological polar surface area (TPSA) is 47.3 Å². The molecule has 0 saturated heterocycles. The Morgan fingerprint density at radius 3 is 2.88 bits per heavy atom. The number of aromatic nitrogens is 2. The molecular weight excluding hydrogens is 284 g/mol. The molecule has 0 bridgehead atoms. The van der Waals surface area contributed by atoms with E-state index in [-0.39, 0.29) is 6.61 Å². The Labute approximate surface area is 108 Å². The van der Waals surface area contributed by atoms with Crippen LogP contribution >= 0.6 is 15.9 Å². The van der Waals surface area contributed by atoms with E-state index < -0.39 is 0 Å². The molecule has 1 N–H and O–H groups in total. The Bertz CT molecular complexity index is 511. The molecule has 2 rings (SSSR count). The Morgan fingerprint density at radius 2 is 2.29 bits per heavy atom. The molecule has 0 radical (unpaired) electrons. The minimum atomic E-state index is 0.0205. The number of benzene rings is 1. The highest BCUT2D eigenvalue weighted by atomic mass is 79.9. The normalized spacial score (nSPS) is 10.5. The third-order valence-electron chi connectivity index (χ3n) is 2.34. The predicted molar refractivity (Wildman–Crippen MR) is 68.0 cm³/mol. The molecule has 0 saturated carbocycles. The maximum Gasteiger partial charge on any atom is 0.165 e. The third kappa shape index (κ3) is 2.87. The van der Waals surface area contributed by atoms with E-state index in [4.69, 9.17) is 9.84 Å². The van der Waals surface area contributed by atoms with E-state index in [1.54, 1.807) is 10.9 Å². The Balaban J connectivity index is 2.18. The van der Waals surface area contributed by atoms with Crippen molar-refractivity contribution < 1.29 is 9.84 Å². The van der Waals surface area contributed by atoms with Crippen molar-refractivity contribution >= 4 is 15.9 Å². The second-order valence-electron chi connectivity index (χ2n) is 3.56. The van der Waals surface area contributed by atoms with Crippen LogP contribution in [0.3, 0.4) is 0 Å². The van der Waals surface area contributed by atoms with E-state index >= 15 is 0 Å². The van der Waals surface area contributed by atoms with Gasteiger partial charge in [-0.2, -0.15) is 5.10 Å². The first-order valence-electron chi connectivity index (χ1n) is 5.32. The largest absolute Gasteiger partial charge is 0.453 e. The highest BCUT2D eigenvalue weighted by Crippen LogP contribution is 2.30. The summed E-state index contributed by atoms with van der Waals surface area (Å²) >= 11 is 3.41. The number of rotatable bonds is 4. The maximum absolute atomic E-state index is 9.00. The highest BCUT2D eigenvalue weighted by Gasteiger charge is 2.05. The fourth-order valence-corrected chi connectivity index (χ4v) is 1.93. The highest BCUT2D eigenvalue weighted by molar-refractivity contribution is 9.10. The van der Waals surface area contributed by atoms with Crippen molar-refractivity contribution in [3.8, 4) is 11.5 Å². The Hall–Kier alpha value is -1.33. The number of aliphatic hydroxyl groups excluding tert-OH is 1. The van der Waals surface area contributed by atoms with Gasteiger partial charge < -0.3 is 9.84 Å². The third-order valence-corrected chi connectivity index (χ3v) is 2.96. The standard InChI is InChI=1S/C12H13BrN2O2/c1-2-15-7-10(6-14-15)17-12-4-3-9(8-16)5-11(12)13/h3-7,16H,2,8H2,1H3. The molecule has 1 aromatic heterocycles. The molecule has 0 aliphatic rings. The van der Waals surface area contributed by atoms with E-state index in [0.29, 0.717) is 11.5 Å². The van der Waals surface area contributed by atoms with E-state index in [2.05, 4.69) is 21.0 Å². The van der Waals surface area contributed by atoms with Crippen molar-refractivity contribution in [3.63, 3.8) is 0 Å². The second-order valence-corrected chi connectivity index (χ2v) is 4.41. The summed E-state index contributed by atoms with van der Waals surface area (Å²) in [6, 6.07) is 5.48. The van der Waals surface area contributed by atoms with Crippen LogP contribution in [0, 0.1) is 0 Å². The minimum absolute atomic E-state index is 0.0205. The summed E-state index contributed by atoms with van der Waals surface area (Å²) in [5.41, 5.74) is 0.841. The van der Waals surface area contributed by atoms with Crippen molar-refractivity contribution in [2.45, 2.75) is 20.1 Å². The van der Waals surface area contributed by atoms with Crippen molar-refractivity contribution in [1.29, 1.82) is 0 Å². The van der Waals surface area contributed by atoms with E-state index in [1.165, 1.54) is 0 Å². The van der Waals surface area contributed by atoms with E-state index in [0.717, 1.165) is 16.6 Å². The SMILES string of the molecule is CCn1cc(Oc2ccc(CO)cc2Br)cn1. The fraction of sp³-hybridized carbons (Fsp3) is 0.250. The first kappa shape index (κ1) is 12.1. The average Bonchev–Trinajstić information content (AvgIpc) is 2.79. The summed E-state index contributed by atoms with van der Waals surface area (Å²) in [6.07, 6.45) is 3.52. The number of nitrogens with zero attached hydrogens (tertiary/aromatic N) is 2. The van der Waals surface area contributed by atoms with Gasteiger partial charge in [0.2, 0.25) is 0 Å². The van der Waals surface area contributed by atoms with Gasteiger partial charge in [-0.25, -0.2) is 0 Å². The average molecular weight is 297 g/mol. The zero-order valence-corrected chi connectivity index (χ0v) is 11.0. The van der Waals surface area contributed by atoms with Crippen LogP contribution in [0.25, 0.3) is 0 Å². The molecule has 0 aliphatic carbocycles. The van der Waals surface area contributed by atoms with Gasteiger partial charge in [0.15, 0.2) is 5.75 Å². The Kier molecular flexibility index (Phi) is 3.81. The van der Waals surface area contributed by atoms with Crippen molar-refractivity contribution in [2.75, 3.05) is 0 Å². The number of aliphatic hydroxyl groups is 1. The van der Waals surface area contributed by atoms with Crippen LogP contribution in [0.2, 0.25) is 0 Å². The summed E-state index contributed by atoms with van der Waals surface area (Å²) in [7, 11) is 0. The number of halogens is 1. The molecule has 0 unspecified atom stereocenters. The molecule has 4 nitrogen and oxygen atoms in total. The molecule has 0 amide bonds. The maximum atomic E-state index is 9.00. The quantitative estimate of drug-likeness (QED) is 0.944. The molecular formula is C12H13BrN2O2. The lowest BCUT2D eigenvalue weighted by Crippen LogP contribution is -1.92. The van der Waals surface area contributed by atoms with E-state index in [9.17, 15) is 0 Å². The zero-order chi connectivity index (χ0) is 12.3. The van der Waals surface area contributed by atoms with Crippen LogP contribution < -0.4 is 4.74 Å². The van der Waals surface area contributed by atoms with Crippen LogP contribution in [0.15, 0.2) is 35.1 Å². The molecule has 0 spiro atoms. The van der Waals surface area contributed by atoms with Gasteiger partial charge in [0.25, 0.3) is 0 Å². The monoisotopic (exact) mass is 296 g/mol. The number of hydrogen-bond acceptors (Lipinski definition) is 3.